The number of hydrogen-bond acceptors (Lipinski definition) is 10. The van der Waals surface area contributed by atoms with Gasteiger partial charge in [0.1, 0.15) is 35.5 Å². The molecule has 1 aliphatic rings. The summed E-state index contributed by atoms with van der Waals surface area (Å²) in [6.07, 6.45) is -1.91. The van der Waals surface area contributed by atoms with Crippen molar-refractivity contribution in [3.63, 3.8) is 0 Å². The van der Waals surface area contributed by atoms with Crippen LogP contribution in [-0.4, -0.2) is 101 Å². The molecule has 1 saturated heterocycles. The van der Waals surface area contributed by atoms with Gasteiger partial charge in [-0.25, -0.2) is 9.36 Å². The van der Waals surface area contributed by atoms with Crippen molar-refractivity contribution < 1.29 is 37.8 Å². The molecule has 3 aromatic carbocycles. The lowest BCUT2D eigenvalue weighted by Crippen LogP contribution is -2.38. The van der Waals surface area contributed by atoms with E-state index in [1.165, 1.54) is 57.0 Å². The van der Waals surface area contributed by atoms with Crippen molar-refractivity contribution in [2.45, 2.75) is 78.9 Å². The predicted octanol–water partition coefficient (Wildman–Crippen LogP) is 6.33. The van der Waals surface area contributed by atoms with E-state index in [0.717, 1.165) is 16.7 Å². The van der Waals surface area contributed by atoms with Crippen molar-refractivity contribution in [1.82, 2.24) is 19.4 Å². The topological polar surface area (TPSA) is 165 Å². The van der Waals surface area contributed by atoms with E-state index in [4.69, 9.17) is 23.5 Å². The summed E-state index contributed by atoms with van der Waals surface area (Å²) in [6, 6.07) is 24.2. The summed E-state index contributed by atoms with van der Waals surface area (Å²) in [6.45, 7) is 21.6. The molecule has 4 aromatic rings. The molecule has 1 fully saturated rings. The maximum absolute atomic E-state index is 12.6. The molecule has 3 N–H and O–H groups in total. The van der Waals surface area contributed by atoms with Crippen LogP contribution in [0.3, 0.4) is 0 Å². The van der Waals surface area contributed by atoms with E-state index >= 15 is 0 Å². The third-order valence-electron chi connectivity index (χ3n) is 10.2. The Morgan fingerprint density at radius 2 is 1.21 bits per heavy atom. The maximum atomic E-state index is 12.6. The maximum Gasteiger partial charge on any atom is 0.469 e. The van der Waals surface area contributed by atoms with Gasteiger partial charge in [0.15, 0.2) is 0 Å². The first-order valence-electron chi connectivity index (χ1n) is 19.9. The first-order valence-corrected chi connectivity index (χ1v) is 21.4. The Labute approximate surface area is 342 Å². The fourth-order valence-electron chi connectivity index (χ4n) is 6.73. The average Bonchev–Trinajstić information content (AvgIpc) is 3.62. The van der Waals surface area contributed by atoms with Gasteiger partial charge in [0, 0.05) is 18.2 Å². The van der Waals surface area contributed by atoms with Gasteiger partial charge in [-0.05, 0) is 87.1 Å². The van der Waals surface area contributed by atoms with E-state index in [0.29, 0.717) is 11.5 Å². The Bertz CT molecular complexity index is 1870. The number of nitrogens with zero attached hydrogens (tertiary/aromatic N) is 3. The van der Waals surface area contributed by atoms with Crippen LogP contribution in [0.2, 0.25) is 0 Å². The lowest BCUT2D eigenvalue weighted by atomic mass is 9.80. The molecule has 3 atom stereocenters. The zero-order valence-corrected chi connectivity index (χ0v) is 36.3. The van der Waals surface area contributed by atoms with Gasteiger partial charge in [0.2, 0.25) is 0 Å². The van der Waals surface area contributed by atoms with Gasteiger partial charge in [-0.15, -0.1) is 0 Å². The molecule has 58 heavy (non-hydrogen) atoms. The highest BCUT2D eigenvalue weighted by Gasteiger charge is 2.45. The van der Waals surface area contributed by atoms with E-state index < -0.39 is 43.1 Å². The van der Waals surface area contributed by atoms with E-state index in [9.17, 15) is 23.9 Å². The number of phosphoric acid groups is 1. The number of aromatic nitrogens is 2. The standard InChI is InChI=1S/C31H33N2O10P.2C6H15N/c1-20-18-33(30(35)32-29(20)34)28-17-26(43-44(36,37)38)27(42-28)19-41-31(21-7-5-4-6-8-21,22-9-13-24(39-2)14-10-22)23-11-15-25(40-3)16-12-23;2*1-4-7(5-2)6-3/h4-16,18,26-28H,17,19H2,1-3H3,(H,32,34,35)(H2,36,37,38);2*4-6H2,1-3H3/t26-,27+,28+;;/m0../s1. The van der Waals surface area contributed by atoms with Crippen LogP contribution in [0, 0.1) is 6.92 Å². The molecule has 0 radical (unpaired) electrons. The van der Waals surface area contributed by atoms with Gasteiger partial charge in [0.25, 0.3) is 5.56 Å². The normalized spacial score (nSPS) is 16.7. The van der Waals surface area contributed by atoms with Crippen LogP contribution in [0.5, 0.6) is 11.5 Å². The second-order valence-corrected chi connectivity index (χ2v) is 14.7. The molecule has 1 aliphatic heterocycles. The first kappa shape index (κ1) is 48.3. The summed E-state index contributed by atoms with van der Waals surface area (Å²) in [5.41, 5.74) is 0.0100. The second-order valence-electron chi connectivity index (χ2n) is 13.5. The average molecular weight is 827 g/mol. The zero-order chi connectivity index (χ0) is 42.9. The smallest absolute Gasteiger partial charge is 0.469 e. The third kappa shape index (κ3) is 13.2. The van der Waals surface area contributed by atoms with Crippen LogP contribution in [0.1, 0.15) is 76.4 Å². The lowest BCUT2D eigenvalue weighted by molar-refractivity contribution is -0.0934. The Morgan fingerprint density at radius 3 is 1.60 bits per heavy atom. The number of phosphoric ester groups is 1. The molecular weight excluding hydrogens is 763 g/mol. The van der Waals surface area contributed by atoms with Gasteiger partial charge in [0.05, 0.1) is 20.8 Å². The van der Waals surface area contributed by atoms with E-state index in [-0.39, 0.29) is 18.6 Å². The Balaban J connectivity index is 0.000000550. The number of aryl methyl sites for hydroxylation is 1. The van der Waals surface area contributed by atoms with Gasteiger partial charge in [-0.1, -0.05) is 96.1 Å². The van der Waals surface area contributed by atoms with Gasteiger partial charge in [-0.2, -0.15) is 0 Å². The van der Waals surface area contributed by atoms with Crippen molar-refractivity contribution in [1.29, 1.82) is 0 Å². The number of hydrogen-bond donors (Lipinski definition) is 3. The number of nitrogens with one attached hydrogen (secondary N) is 1. The highest BCUT2D eigenvalue weighted by molar-refractivity contribution is 7.46. The fraction of sp³-hybridized carbons (Fsp3) is 0.488. The van der Waals surface area contributed by atoms with E-state index in [1.54, 1.807) is 14.2 Å². The number of ether oxygens (including phenoxy) is 4. The molecular formula is C43H63N4O10P. The number of methoxy groups -OCH3 is 2. The lowest BCUT2D eigenvalue weighted by Gasteiger charge is -2.37. The summed E-state index contributed by atoms with van der Waals surface area (Å²) >= 11 is 0. The van der Waals surface area contributed by atoms with Crippen LogP contribution in [0.4, 0.5) is 0 Å². The molecule has 0 spiro atoms. The van der Waals surface area contributed by atoms with Crippen molar-refractivity contribution in [3.8, 4) is 11.5 Å². The molecule has 0 aliphatic carbocycles. The number of H-pyrrole nitrogens is 1. The molecule has 320 valence electrons. The van der Waals surface area contributed by atoms with Crippen LogP contribution in [0.25, 0.3) is 0 Å². The number of rotatable bonds is 17. The van der Waals surface area contributed by atoms with Gasteiger partial charge >= 0.3 is 13.5 Å². The molecule has 0 amide bonds. The molecule has 2 heterocycles. The molecule has 5 rings (SSSR count). The largest absolute Gasteiger partial charge is 0.497 e. The van der Waals surface area contributed by atoms with Crippen LogP contribution < -0.4 is 20.7 Å². The molecule has 1 aromatic heterocycles. The van der Waals surface area contributed by atoms with Crippen LogP contribution in [-0.2, 0) is 24.2 Å². The Hall–Kier alpha value is -4.11. The van der Waals surface area contributed by atoms with E-state index in [2.05, 4.69) is 56.3 Å². The summed E-state index contributed by atoms with van der Waals surface area (Å²) in [5.74, 6) is 1.29. The van der Waals surface area contributed by atoms with Crippen molar-refractivity contribution in [3.05, 3.63) is 128 Å². The minimum absolute atomic E-state index is 0.0893. The minimum atomic E-state index is -4.96. The molecule has 15 heteroatoms. The number of aromatic amines is 1. The monoisotopic (exact) mass is 826 g/mol. The molecule has 0 unspecified atom stereocenters. The quantitative estimate of drug-likeness (QED) is 0.0802. The van der Waals surface area contributed by atoms with Crippen molar-refractivity contribution in [2.75, 3.05) is 60.1 Å². The van der Waals surface area contributed by atoms with Gasteiger partial charge in [-0.3, -0.25) is 18.9 Å². The first-order chi connectivity index (χ1) is 27.7. The van der Waals surface area contributed by atoms with Crippen LogP contribution in [0.15, 0.2) is 94.6 Å². The molecule has 0 bridgehead atoms. The minimum Gasteiger partial charge on any atom is -0.497 e. The summed E-state index contributed by atoms with van der Waals surface area (Å²) in [4.78, 5) is 51.0. The Morgan fingerprint density at radius 1 is 0.759 bits per heavy atom. The van der Waals surface area contributed by atoms with Crippen LogP contribution >= 0.6 is 7.82 Å². The number of benzene rings is 3. The summed E-state index contributed by atoms with van der Waals surface area (Å²) in [5, 5.41) is 0. The van der Waals surface area contributed by atoms with E-state index in [1.807, 2.05) is 78.9 Å². The predicted molar refractivity (Wildman–Crippen MR) is 227 cm³/mol. The second kappa shape index (κ2) is 23.5. The molecule has 14 nitrogen and oxygen atoms in total. The zero-order valence-electron chi connectivity index (χ0n) is 35.4. The van der Waals surface area contributed by atoms with Crippen molar-refractivity contribution >= 4 is 7.82 Å². The van der Waals surface area contributed by atoms with Gasteiger partial charge < -0.3 is 38.5 Å². The Kier molecular flexibility index (Phi) is 19.5. The highest BCUT2D eigenvalue weighted by Crippen LogP contribution is 2.46. The third-order valence-corrected chi connectivity index (χ3v) is 10.8. The fourth-order valence-corrected chi connectivity index (χ4v) is 7.31. The molecule has 0 saturated carbocycles. The highest BCUT2D eigenvalue weighted by atomic mass is 31.2. The van der Waals surface area contributed by atoms with Crippen molar-refractivity contribution in [2.24, 2.45) is 0 Å². The summed E-state index contributed by atoms with van der Waals surface area (Å²) in [7, 11) is -1.82. The summed E-state index contributed by atoms with van der Waals surface area (Å²) < 4.78 is 42.1. The SMILES string of the molecule is CCN(CC)CC.CCN(CC)CC.COc1ccc(C(OC[C@H]2O[C@@H](n3cc(C)c(=O)[nH]c3=O)C[C@@H]2OP(=O)(O)O)(c2ccccc2)c2ccc(OC)cc2)cc1.